The first kappa shape index (κ1) is 8.99. The van der Waals surface area contributed by atoms with Crippen LogP contribution < -0.4 is 0 Å². The Hall–Kier alpha value is -1.27. The summed E-state index contributed by atoms with van der Waals surface area (Å²) < 4.78 is 3.41. The third-order valence-corrected chi connectivity index (χ3v) is 3.45. The minimum Gasteiger partial charge on any atom is -0.332 e. The molecule has 74 valence electrons. The molecule has 0 atom stereocenters. The van der Waals surface area contributed by atoms with E-state index >= 15 is 0 Å². The second-order valence-electron chi connectivity index (χ2n) is 3.95. The Labute approximate surface area is 96.2 Å². The normalized spacial score (nSPS) is 15.5. The lowest BCUT2D eigenvalue weighted by atomic mass is 10.2. The molecule has 0 aliphatic heterocycles. The van der Waals surface area contributed by atoms with Gasteiger partial charge in [0.05, 0.1) is 21.8 Å². The van der Waals surface area contributed by atoms with Crippen LogP contribution >= 0.6 is 15.9 Å². The van der Waals surface area contributed by atoms with Crippen LogP contribution in [-0.2, 0) is 0 Å². The SMILES string of the molecule is N#Cc1ccc2cc(Br)n(C3CC3)c2c1. The van der Waals surface area contributed by atoms with Gasteiger partial charge in [0.1, 0.15) is 0 Å². The number of aromatic nitrogens is 1. The highest BCUT2D eigenvalue weighted by molar-refractivity contribution is 9.10. The second kappa shape index (κ2) is 3.11. The number of nitriles is 1. The first-order valence-electron chi connectivity index (χ1n) is 5.00. The molecule has 0 amide bonds. The van der Waals surface area contributed by atoms with Crippen molar-refractivity contribution in [2.75, 3.05) is 0 Å². The fraction of sp³-hybridized carbons (Fsp3) is 0.250. The number of fused-ring (bicyclic) bond motifs is 1. The largest absolute Gasteiger partial charge is 0.332 e. The minimum atomic E-state index is 0.630. The van der Waals surface area contributed by atoms with Crippen molar-refractivity contribution in [1.29, 1.82) is 5.26 Å². The summed E-state index contributed by atoms with van der Waals surface area (Å²) in [5, 5.41) is 10.1. The lowest BCUT2D eigenvalue weighted by Crippen LogP contribution is -1.93. The molecule has 1 aromatic heterocycles. The van der Waals surface area contributed by atoms with Gasteiger partial charge in [0, 0.05) is 11.4 Å². The summed E-state index contributed by atoms with van der Waals surface area (Å²) in [5.74, 6) is 0. The number of nitrogens with zero attached hydrogens (tertiary/aromatic N) is 2. The molecule has 2 nitrogen and oxygen atoms in total. The van der Waals surface area contributed by atoms with Gasteiger partial charge in [-0.2, -0.15) is 5.26 Å². The highest BCUT2D eigenvalue weighted by Gasteiger charge is 2.26. The van der Waals surface area contributed by atoms with Crippen LogP contribution in [0.1, 0.15) is 24.4 Å². The monoisotopic (exact) mass is 260 g/mol. The summed E-state index contributed by atoms with van der Waals surface area (Å²) in [6.45, 7) is 0. The van der Waals surface area contributed by atoms with Crippen LogP contribution in [0.15, 0.2) is 28.9 Å². The van der Waals surface area contributed by atoms with Crippen molar-refractivity contribution < 1.29 is 0 Å². The Bertz CT molecular complexity index is 573. The molecule has 3 heteroatoms. The van der Waals surface area contributed by atoms with Crippen LogP contribution in [-0.4, -0.2) is 4.57 Å². The Balaban J connectivity index is 2.32. The van der Waals surface area contributed by atoms with Crippen molar-refractivity contribution in [3.63, 3.8) is 0 Å². The average molecular weight is 261 g/mol. The minimum absolute atomic E-state index is 0.630. The standard InChI is InChI=1S/C12H9BrN2/c13-12-6-9-2-1-8(7-14)5-11(9)15(12)10-3-4-10/h1-2,5-6,10H,3-4H2. The number of halogens is 1. The Morgan fingerprint density at radius 3 is 2.80 bits per heavy atom. The van der Waals surface area contributed by atoms with Gasteiger partial charge in [-0.25, -0.2) is 0 Å². The smallest absolute Gasteiger partial charge is 0.0992 e. The van der Waals surface area contributed by atoms with Crippen molar-refractivity contribution in [3.05, 3.63) is 34.4 Å². The van der Waals surface area contributed by atoms with Gasteiger partial charge in [-0.3, -0.25) is 0 Å². The molecule has 0 N–H and O–H groups in total. The van der Waals surface area contributed by atoms with Gasteiger partial charge in [-0.05, 0) is 47.0 Å². The lowest BCUT2D eigenvalue weighted by Gasteiger charge is -2.04. The van der Waals surface area contributed by atoms with Crippen LogP contribution in [0, 0.1) is 11.3 Å². The van der Waals surface area contributed by atoms with E-state index in [-0.39, 0.29) is 0 Å². The highest BCUT2D eigenvalue weighted by atomic mass is 79.9. The zero-order valence-corrected chi connectivity index (χ0v) is 9.66. The molecule has 3 rings (SSSR count). The predicted molar refractivity (Wildman–Crippen MR) is 62.6 cm³/mol. The van der Waals surface area contributed by atoms with E-state index in [4.69, 9.17) is 5.26 Å². The summed E-state index contributed by atoms with van der Waals surface area (Å²) in [6, 6.07) is 10.8. The summed E-state index contributed by atoms with van der Waals surface area (Å²) in [6.07, 6.45) is 2.50. The number of rotatable bonds is 1. The summed E-state index contributed by atoms with van der Waals surface area (Å²) in [7, 11) is 0. The summed E-state index contributed by atoms with van der Waals surface area (Å²) in [5.41, 5.74) is 1.90. The molecule has 1 aliphatic rings. The molecule has 2 aromatic rings. The number of hydrogen-bond acceptors (Lipinski definition) is 1. The molecule has 1 aromatic carbocycles. The van der Waals surface area contributed by atoms with Crippen LogP contribution in [0.2, 0.25) is 0 Å². The molecule has 0 radical (unpaired) electrons. The summed E-state index contributed by atoms with van der Waals surface area (Å²) in [4.78, 5) is 0. The third kappa shape index (κ3) is 1.37. The number of benzene rings is 1. The van der Waals surface area contributed by atoms with Crippen molar-refractivity contribution >= 4 is 26.8 Å². The van der Waals surface area contributed by atoms with Gasteiger partial charge in [-0.1, -0.05) is 6.07 Å². The van der Waals surface area contributed by atoms with Gasteiger partial charge in [-0.15, -0.1) is 0 Å². The molecular weight excluding hydrogens is 252 g/mol. The van der Waals surface area contributed by atoms with Crippen molar-refractivity contribution in [3.8, 4) is 6.07 Å². The molecule has 15 heavy (non-hydrogen) atoms. The van der Waals surface area contributed by atoms with E-state index in [1.165, 1.54) is 23.7 Å². The predicted octanol–water partition coefficient (Wildman–Crippen LogP) is 3.61. The van der Waals surface area contributed by atoms with E-state index in [1.54, 1.807) is 0 Å². The van der Waals surface area contributed by atoms with Crippen LogP contribution in [0.25, 0.3) is 10.9 Å². The van der Waals surface area contributed by atoms with Gasteiger partial charge >= 0.3 is 0 Å². The molecule has 1 saturated carbocycles. The van der Waals surface area contributed by atoms with E-state index in [0.29, 0.717) is 6.04 Å². The molecule has 0 bridgehead atoms. The van der Waals surface area contributed by atoms with Crippen LogP contribution in [0.5, 0.6) is 0 Å². The Morgan fingerprint density at radius 2 is 2.13 bits per heavy atom. The van der Waals surface area contributed by atoms with Crippen molar-refractivity contribution in [1.82, 2.24) is 4.57 Å². The first-order valence-corrected chi connectivity index (χ1v) is 5.79. The van der Waals surface area contributed by atoms with Crippen molar-refractivity contribution in [2.24, 2.45) is 0 Å². The quantitative estimate of drug-likeness (QED) is 0.770. The fourth-order valence-electron chi connectivity index (χ4n) is 1.96. The average Bonchev–Trinajstić information content (AvgIpc) is 3.00. The number of hydrogen-bond donors (Lipinski definition) is 0. The van der Waals surface area contributed by atoms with E-state index in [1.807, 2.05) is 18.2 Å². The maximum absolute atomic E-state index is 8.88. The van der Waals surface area contributed by atoms with Gasteiger partial charge in [0.25, 0.3) is 0 Å². The third-order valence-electron chi connectivity index (χ3n) is 2.84. The van der Waals surface area contributed by atoms with Crippen LogP contribution in [0.3, 0.4) is 0 Å². The van der Waals surface area contributed by atoms with Crippen LogP contribution in [0.4, 0.5) is 0 Å². The molecular formula is C12H9BrN2. The topological polar surface area (TPSA) is 28.7 Å². The molecule has 0 saturated heterocycles. The van der Waals surface area contributed by atoms with Crippen molar-refractivity contribution in [2.45, 2.75) is 18.9 Å². The van der Waals surface area contributed by atoms with E-state index in [9.17, 15) is 0 Å². The maximum atomic E-state index is 8.88. The zero-order chi connectivity index (χ0) is 10.4. The fourth-order valence-corrected chi connectivity index (χ4v) is 2.69. The highest BCUT2D eigenvalue weighted by Crippen LogP contribution is 2.41. The second-order valence-corrected chi connectivity index (χ2v) is 4.77. The Kier molecular flexibility index (Phi) is 1.86. The zero-order valence-electron chi connectivity index (χ0n) is 8.07. The molecule has 0 spiro atoms. The molecule has 1 fully saturated rings. The maximum Gasteiger partial charge on any atom is 0.0992 e. The Morgan fingerprint density at radius 1 is 1.33 bits per heavy atom. The van der Waals surface area contributed by atoms with E-state index in [0.717, 1.165) is 10.2 Å². The molecule has 0 unspecified atom stereocenters. The molecule has 1 aliphatic carbocycles. The first-order chi connectivity index (χ1) is 7.29. The van der Waals surface area contributed by atoms with E-state index in [2.05, 4.69) is 32.6 Å². The van der Waals surface area contributed by atoms with Gasteiger partial charge in [0.2, 0.25) is 0 Å². The van der Waals surface area contributed by atoms with Gasteiger partial charge in [0.15, 0.2) is 0 Å². The van der Waals surface area contributed by atoms with E-state index < -0.39 is 0 Å². The lowest BCUT2D eigenvalue weighted by molar-refractivity contribution is 0.758. The van der Waals surface area contributed by atoms with Gasteiger partial charge < -0.3 is 4.57 Å². The molecule has 1 heterocycles. The summed E-state index contributed by atoms with van der Waals surface area (Å²) >= 11 is 3.58.